The number of rotatable bonds is 0. The molecular weight excluding hydrogens is 172 g/mol. The first-order valence-electron chi connectivity index (χ1n) is 4.96. The van der Waals surface area contributed by atoms with Gasteiger partial charge in [0.25, 0.3) is 0 Å². The number of hydrogen-bond donors (Lipinski definition) is 0. The van der Waals surface area contributed by atoms with E-state index in [4.69, 9.17) is 0 Å². The van der Waals surface area contributed by atoms with Crippen LogP contribution in [0.2, 0.25) is 0 Å². The van der Waals surface area contributed by atoms with E-state index in [2.05, 4.69) is 40.7 Å². The summed E-state index contributed by atoms with van der Waals surface area (Å²) in [7, 11) is 0. The average Bonchev–Trinajstić information content (AvgIpc) is 2.61. The van der Waals surface area contributed by atoms with Crippen LogP contribution in [0.15, 0.2) is 30.6 Å². The minimum Gasteiger partial charge on any atom is -0.330 e. The first kappa shape index (κ1) is 7.80. The van der Waals surface area contributed by atoms with E-state index < -0.39 is 0 Å². The molecule has 14 heavy (non-hydrogen) atoms. The molecule has 0 spiro atoms. The van der Waals surface area contributed by atoms with E-state index in [0.29, 0.717) is 0 Å². The monoisotopic (exact) mass is 184 g/mol. The highest BCUT2D eigenvalue weighted by Crippen LogP contribution is 2.30. The number of imidazole rings is 1. The molecule has 0 amide bonds. The van der Waals surface area contributed by atoms with E-state index in [-0.39, 0.29) is 0 Å². The molecule has 3 rings (SSSR count). The molecule has 70 valence electrons. The molecule has 0 fully saturated rings. The quantitative estimate of drug-likeness (QED) is 0.614. The van der Waals surface area contributed by atoms with Gasteiger partial charge in [0.15, 0.2) is 0 Å². The molecular formula is C12H12N2. The average molecular weight is 184 g/mol. The van der Waals surface area contributed by atoms with Crippen molar-refractivity contribution in [1.29, 1.82) is 0 Å². The summed E-state index contributed by atoms with van der Waals surface area (Å²) in [5, 5.41) is 0. The maximum Gasteiger partial charge on any atom is 0.0954 e. The second-order valence-corrected chi connectivity index (χ2v) is 3.78. The van der Waals surface area contributed by atoms with Crippen LogP contribution >= 0.6 is 0 Å². The van der Waals surface area contributed by atoms with E-state index in [1.807, 2.05) is 6.33 Å². The van der Waals surface area contributed by atoms with Crippen LogP contribution < -0.4 is 0 Å². The summed E-state index contributed by atoms with van der Waals surface area (Å²) in [5.74, 6) is 0. The summed E-state index contributed by atoms with van der Waals surface area (Å²) in [6.45, 7) is 3.14. The van der Waals surface area contributed by atoms with Crippen molar-refractivity contribution in [1.82, 2.24) is 9.55 Å². The lowest BCUT2D eigenvalue weighted by molar-refractivity contribution is 0.684. The van der Waals surface area contributed by atoms with Crippen molar-refractivity contribution in [3.05, 3.63) is 41.9 Å². The molecule has 1 aromatic heterocycles. The van der Waals surface area contributed by atoms with Crippen molar-refractivity contribution in [3.8, 4) is 11.3 Å². The van der Waals surface area contributed by atoms with Crippen molar-refractivity contribution in [2.75, 3.05) is 0 Å². The standard InChI is InChI=1S/C12H12N2/c1-9-12-11-5-3-2-4-10(11)6-7-14(12)8-13-9/h2-5,8H,6-7H2,1H3. The van der Waals surface area contributed by atoms with Crippen molar-refractivity contribution >= 4 is 0 Å². The summed E-state index contributed by atoms with van der Waals surface area (Å²) in [4.78, 5) is 4.36. The predicted octanol–water partition coefficient (Wildman–Crippen LogP) is 2.41. The molecule has 0 saturated heterocycles. The Morgan fingerprint density at radius 3 is 3.07 bits per heavy atom. The number of nitrogens with zero attached hydrogens (tertiary/aromatic N) is 2. The van der Waals surface area contributed by atoms with Gasteiger partial charge in [-0.2, -0.15) is 0 Å². The second kappa shape index (κ2) is 2.71. The third-order valence-electron chi connectivity index (χ3n) is 2.92. The van der Waals surface area contributed by atoms with Gasteiger partial charge in [0.05, 0.1) is 17.7 Å². The smallest absolute Gasteiger partial charge is 0.0954 e. The molecule has 0 bridgehead atoms. The molecule has 0 N–H and O–H groups in total. The Morgan fingerprint density at radius 1 is 1.29 bits per heavy atom. The molecule has 1 aliphatic heterocycles. The fourth-order valence-electron chi connectivity index (χ4n) is 2.21. The van der Waals surface area contributed by atoms with Gasteiger partial charge >= 0.3 is 0 Å². The third-order valence-corrected chi connectivity index (χ3v) is 2.92. The Kier molecular flexibility index (Phi) is 1.51. The number of fused-ring (bicyclic) bond motifs is 3. The predicted molar refractivity (Wildman–Crippen MR) is 56.1 cm³/mol. The summed E-state index contributed by atoms with van der Waals surface area (Å²) in [6.07, 6.45) is 3.07. The highest BCUT2D eigenvalue weighted by molar-refractivity contribution is 5.67. The molecule has 0 atom stereocenters. The van der Waals surface area contributed by atoms with Crippen LogP contribution in [0.5, 0.6) is 0 Å². The van der Waals surface area contributed by atoms with Gasteiger partial charge in [-0.15, -0.1) is 0 Å². The zero-order valence-electron chi connectivity index (χ0n) is 8.20. The Bertz CT molecular complexity index is 483. The molecule has 2 heterocycles. The third kappa shape index (κ3) is 0.939. The number of benzene rings is 1. The van der Waals surface area contributed by atoms with Gasteiger partial charge in [-0.3, -0.25) is 0 Å². The Morgan fingerprint density at radius 2 is 2.14 bits per heavy atom. The molecule has 2 aromatic rings. The van der Waals surface area contributed by atoms with E-state index >= 15 is 0 Å². The molecule has 1 aliphatic rings. The largest absolute Gasteiger partial charge is 0.330 e. The van der Waals surface area contributed by atoms with Crippen molar-refractivity contribution < 1.29 is 0 Å². The van der Waals surface area contributed by atoms with Crippen molar-refractivity contribution in [3.63, 3.8) is 0 Å². The van der Waals surface area contributed by atoms with Gasteiger partial charge in [0.1, 0.15) is 0 Å². The summed E-state index contributed by atoms with van der Waals surface area (Å²) in [5.41, 5.74) is 5.24. The number of hydrogen-bond acceptors (Lipinski definition) is 1. The Balaban J connectivity index is 2.32. The summed E-state index contributed by atoms with van der Waals surface area (Å²) >= 11 is 0. The molecule has 1 aromatic carbocycles. The first-order chi connectivity index (χ1) is 6.86. The van der Waals surface area contributed by atoms with Crippen LogP contribution in [-0.2, 0) is 13.0 Å². The Hall–Kier alpha value is -1.57. The van der Waals surface area contributed by atoms with E-state index in [9.17, 15) is 0 Å². The lowest BCUT2D eigenvalue weighted by Gasteiger charge is -2.18. The van der Waals surface area contributed by atoms with Gasteiger partial charge in [-0.25, -0.2) is 4.98 Å². The van der Waals surface area contributed by atoms with Crippen molar-refractivity contribution in [2.24, 2.45) is 0 Å². The van der Waals surface area contributed by atoms with Gasteiger partial charge in [0.2, 0.25) is 0 Å². The van der Waals surface area contributed by atoms with E-state index in [0.717, 1.165) is 18.7 Å². The Labute approximate surface area is 83.2 Å². The first-order valence-corrected chi connectivity index (χ1v) is 4.96. The van der Waals surface area contributed by atoms with Crippen LogP contribution in [0.25, 0.3) is 11.3 Å². The lowest BCUT2D eigenvalue weighted by atomic mass is 9.98. The van der Waals surface area contributed by atoms with Gasteiger partial charge < -0.3 is 4.57 Å². The lowest BCUT2D eigenvalue weighted by Crippen LogP contribution is -2.09. The van der Waals surface area contributed by atoms with Crippen LogP contribution in [0.4, 0.5) is 0 Å². The van der Waals surface area contributed by atoms with E-state index in [1.54, 1.807) is 0 Å². The summed E-state index contributed by atoms with van der Waals surface area (Å²) < 4.78 is 2.25. The van der Waals surface area contributed by atoms with Crippen LogP contribution in [0.3, 0.4) is 0 Å². The highest BCUT2D eigenvalue weighted by Gasteiger charge is 2.17. The second-order valence-electron chi connectivity index (χ2n) is 3.78. The fourth-order valence-corrected chi connectivity index (χ4v) is 2.21. The maximum atomic E-state index is 4.36. The minimum absolute atomic E-state index is 1.06. The summed E-state index contributed by atoms with van der Waals surface area (Å²) in [6, 6.07) is 8.61. The van der Waals surface area contributed by atoms with Gasteiger partial charge in [0, 0.05) is 12.1 Å². The number of aromatic nitrogens is 2. The topological polar surface area (TPSA) is 17.8 Å². The SMILES string of the molecule is Cc1ncn2c1-c1ccccc1CC2. The number of aryl methyl sites for hydroxylation is 3. The normalized spacial score (nSPS) is 13.5. The van der Waals surface area contributed by atoms with Crippen molar-refractivity contribution in [2.45, 2.75) is 19.9 Å². The highest BCUT2D eigenvalue weighted by atomic mass is 15.1. The maximum absolute atomic E-state index is 4.36. The zero-order valence-corrected chi connectivity index (χ0v) is 8.20. The molecule has 0 saturated carbocycles. The molecule has 2 heteroatoms. The fraction of sp³-hybridized carbons (Fsp3) is 0.250. The van der Waals surface area contributed by atoms with E-state index in [1.165, 1.54) is 16.8 Å². The molecule has 2 nitrogen and oxygen atoms in total. The van der Waals surface area contributed by atoms with Crippen LogP contribution in [0, 0.1) is 6.92 Å². The van der Waals surface area contributed by atoms with Gasteiger partial charge in [-0.05, 0) is 18.9 Å². The molecule has 0 unspecified atom stereocenters. The molecule has 0 radical (unpaired) electrons. The van der Waals surface area contributed by atoms with Crippen LogP contribution in [0.1, 0.15) is 11.3 Å². The molecule has 0 aliphatic carbocycles. The minimum atomic E-state index is 1.06. The van der Waals surface area contributed by atoms with Gasteiger partial charge in [-0.1, -0.05) is 24.3 Å². The zero-order chi connectivity index (χ0) is 9.54. The van der Waals surface area contributed by atoms with Crippen LogP contribution in [-0.4, -0.2) is 9.55 Å².